The molecule has 0 aliphatic heterocycles. The van der Waals surface area contributed by atoms with Crippen molar-refractivity contribution in [3.05, 3.63) is 34.9 Å². The molecule has 0 aromatic heterocycles. The first-order chi connectivity index (χ1) is 8.60. The van der Waals surface area contributed by atoms with E-state index in [0.29, 0.717) is 29.8 Å². The van der Waals surface area contributed by atoms with Gasteiger partial charge in [-0.3, -0.25) is 0 Å². The number of hydrogen-bond acceptors (Lipinski definition) is 3. The Balaban J connectivity index is 3.07. The Morgan fingerprint density at radius 3 is 2.67 bits per heavy atom. The number of hydrogen-bond donors (Lipinski definition) is 1. The number of carbonyl (C=O) groups is 2. The summed E-state index contributed by atoms with van der Waals surface area (Å²) in [5.74, 6) is -0.990. The Morgan fingerprint density at radius 1 is 1.39 bits per heavy atom. The first kappa shape index (κ1) is 14.5. The van der Waals surface area contributed by atoms with Crippen LogP contribution in [0.4, 0.5) is 0 Å². The van der Waals surface area contributed by atoms with Crippen LogP contribution in [0, 0.1) is 0 Å². The minimum atomic E-state index is -1.02. The third-order valence-corrected chi connectivity index (χ3v) is 2.69. The molecule has 98 valence electrons. The molecule has 0 fully saturated rings. The number of esters is 1. The average molecular weight is 271 g/mol. The van der Waals surface area contributed by atoms with Gasteiger partial charge in [0, 0.05) is 5.88 Å². The van der Waals surface area contributed by atoms with Crippen LogP contribution >= 0.6 is 11.6 Å². The van der Waals surface area contributed by atoms with E-state index in [1.165, 1.54) is 18.2 Å². The fourth-order valence-electron chi connectivity index (χ4n) is 1.60. The standard InChI is InChI=1S/C13H15ClO4/c1-2-18-13(17)11-6-5-10(12(15)16)8-9(11)4-3-7-14/h5-6,8H,2-4,7H2,1H3,(H,15,16). The summed E-state index contributed by atoms with van der Waals surface area (Å²) in [4.78, 5) is 22.6. The van der Waals surface area contributed by atoms with Gasteiger partial charge in [-0.05, 0) is 43.5 Å². The topological polar surface area (TPSA) is 63.6 Å². The maximum Gasteiger partial charge on any atom is 0.338 e. The number of benzene rings is 1. The van der Waals surface area contributed by atoms with Crippen molar-refractivity contribution >= 4 is 23.5 Å². The molecule has 0 amide bonds. The Hall–Kier alpha value is -1.55. The molecule has 18 heavy (non-hydrogen) atoms. The summed E-state index contributed by atoms with van der Waals surface area (Å²) in [6.45, 7) is 2.01. The van der Waals surface area contributed by atoms with Crippen molar-refractivity contribution in [2.75, 3.05) is 12.5 Å². The van der Waals surface area contributed by atoms with Crippen molar-refractivity contribution in [1.82, 2.24) is 0 Å². The highest BCUT2D eigenvalue weighted by molar-refractivity contribution is 6.17. The van der Waals surface area contributed by atoms with Crippen LogP contribution in [-0.4, -0.2) is 29.5 Å². The second-order valence-corrected chi connectivity index (χ2v) is 4.07. The van der Waals surface area contributed by atoms with Crippen molar-refractivity contribution in [3.63, 3.8) is 0 Å². The quantitative estimate of drug-likeness (QED) is 0.638. The molecule has 0 saturated heterocycles. The van der Waals surface area contributed by atoms with Crippen molar-refractivity contribution in [3.8, 4) is 0 Å². The number of aryl methyl sites for hydroxylation is 1. The van der Waals surface area contributed by atoms with E-state index in [0.717, 1.165) is 0 Å². The van der Waals surface area contributed by atoms with Gasteiger partial charge >= 0.3 is 11.9 Å². The molecule has 1 aromatic rings. The molecule has 0 heterocycles. The molecule has 0 aliphatic carbocycles. The average Bonchev–Trinajstić information content (AvgIpc) is 2.36. The van der Waals surface area contributed by atoms with Crippen molar-refractivity contribution in [2.45, 2.75) is 19.8 Å². The summed E-state index contributed by atoms with van der Waals surface area (Å²) in [5, 5.41) is 8.93. The first-order valence-corrected chi connectivity index (χ1v) is 6.23. The summed E-state index contributed by atoms with van der Waals surface area (Å²) in [6, 6.07) is 4.39. The molecular formula is C13H15ClO4. The van der Waals surface area contributed by atoms with E-state index in [-0.39, 0.29) is 12.2 Å². The maximum atomic E-state index is 11.7. The Labute approximate surface area is 111 Å². The smallest absolute Gasteiger partial charge is 0.338 e. The molecule has 0 aliphatic rings. The lowest BCUT2D eigenvalue weighted by molar-refractivity contribution is 0.0523. The van der Waals surface area contributed by atoms with Crippen molar-refractivity contribution < 1.29 is 19.4 Å². The van der Waals surface area contributed by atoms with E-state index < -0.39 is 11.9 Å². The summed E-state index contributed by atoms with van der Waals surface area (Å²) in [6.07, 6.45) is 1.23. The highest BCUT2D eigenvalue weighted by Crippen LogP contribution is 2.16. The molecule has 0 spiro atoms. The molecule has 1 rings (SSSR count). The monoisotopic (exact) mass is 270 g/mol. The first-order valence-electron chi connectivity index (χ1n) is 5.69. The minimum Gasteiger partial charge on any atom is -0.478 e. The van der Waals surface area contributed by atoms with Crippen LogP contribution in [0.3, 0.4) is 0 Å². The lowest BCUT2D eigenvalue weighted by atomic mass is 10.00. The second-order valence-electron chi connectivity index (χ2n) is 3.69. The SMILES string of the molecule is CCOC(=O)c1ccc(C(=O)O)cc1CCCCl. The van der Waals surface area contributed by atoms with Crippen LogP contribution in [0.2, 0.25) is 0 Å². The molecule has 4 nitrogen and oxygen atoms in total. The predicted molar refractivity (Wildman–Crippen MR) is 68.4 cm³/mol. The summed E-state index contributed by atoms with van der Waals surface area (Å²) < 4.78 is 4.93. The number of aromatic carboxylic acids is 1. The Kier molecular flexibility index (Phi) is 5.65. The fraction of sp³-hybridized carbons (Fsp3) is 0.385. The van der Waals surface area contributed by atoms with E-state index in [1.807, 2.05) is 0 Å². The molecule has 0 atom stereocenters. The highest BCUT2D eigenvalue weighted by atomic mass is 35.5. The number of carbonyl (C=O) groups excluding carboxylic acids is 1. The Morgan fingerprint density at radius 2 is 2.11 bits per heavy atom. The summed E-state index contributed by atoms with van der Waals surface area (Å²) in [5.41, 5.74) is 1.23. The van der Waals surface area contributed by atoms with E-state index in [1.54, 1.807) is 6.92 Å². The second kappa shape index (κ2) is 7.01. The molecule has 0 unspecified atom stereocenters. The molecule has 1 N–H and O–H groups in total. The molecular weight excluding hydrogens is 256 g/mol. The molecule has 0 radical (unpaired) electrons. The van der Waals surface area contributed by atoms with Gasteiger partial charge < -0.3 is 9.84 Å². The van der Waals surface area contributed by atoms with E-state index in [4.69, 9.17) is 21.4 Å². The minimum absolute atomic E-state index is 0.160. The molecule has 5 heteroatoms. The van der Waals surface area contributed by atoms with Gasteiger partial charge in [0.15, 0.2) is 0 Å². The van der Waals surface area contributed by atoms with Gasteiger partial charge in [0.05, 0.1) is 17.7 Å². The van der Waals surface area contributed by atoms with Gasteiger partial charge in [-0.15, -0.1) is 11.6 Å². The van der Waals surface area contributed by atoms with Gasteiger partial charge in [-0.2, -0.15) is 0 Å². The third-order valence-electron chi connectivity index (χ3n) is 2.43. The summed E-state index contributed by atoms with van der Waals surface area (Å²) in [7, 11) is 0. The van der Waals surface area contributed by atoms with Crippen LogP contribution in [0.1, 0.15) is 39.6 Å². The van der Waals surface area contributed by atoms with Crippen LogP contribution in [0.25, 0.3) is 0 Å². The van der Waals surface area contributed by atoms with Crippen LogP contribution in [0.15, 0.2) is 18.2 Å². The lowest BCUT2D eigenvalue weighted by Crippen LogP contribution is -2.10. The molecule has 1 aromatic carbocycles. The summed E-state index contributed by atoms with van der Waals surface area (Å²) >= 11 is 5.61. The van der Waals surface area contributed by atoms with Gasteiger partial charge in [0.1, 0.15) is 0 Å². The van der Waals surface area contributed by atoms with Crippen molar-refractivity contribution in [2.24, 2.45) is 0 Å². The van der Waals surface area contributed by atoms with E-state index in [9.17, 15) is 9.59 Å². The number of carboxylic acids is 1. The van der Waals surface area contributed by atoms with Crippen LogP contribution in [0.5, 0.6) is 0 Å². The predicted octanol–water partition coefficient (Wildman–Crippen LogP) is 2.73. The highest BCUT2D eigenvalue weighted by Gasteiger charge is 2.14. The number of halogens is 1. The van der Waals surface area contributed by atoms with Gasteiger partial charge in [0.25, 0.3) is 0 Å². The Bertz CT molecular complexity index is 443. The van der Waals surface area contributed by atoms with Gasteiger partial charge in [-0.1, -0.05) is 0 Å². The van der Waals surface area contributed by atoms with Crippen molar-refractivity contribution in [1.29, 1.82) is 0 Å². The number of alkyl halides is 1. The largest absolute Gasteiger partial charge is 0.478 e. The van der Waals surface area contributed by atoms with Crippen LogP contribution in [-0.2, 0) is 11.2 Å². The zero-order valence-electron chi connectivity index (χ0n) is 10.1. The number of ether oxygens (including phenoxy) is 1. The zero-order valence-corrected chi connectivity index (χ0v) is 10.9. The fourth-order valence-corrected chi connectivity index (χ4v) is 1.73. The van der Waals surface area contributed by atoms with Crippen LogP contribution < -0.4 is 0 Å². The number of carboxylic acid groups (broad SMARTS) is 1. The third kappa shape index (κ3) is 3.74. The zero-order chi connectivity index (χ0) is 13.5. The lowest BCUT2D eigenvalue weighted by Gasteiger charge is -2.09. The normalized spacial score (nSPS) is 10.1. The molecule has 0 saturated carbocycles. The van der Waals surface area contributed by atoms with E-state index >= 15 is 0 Å². The number of rotatable bonds is 6. The van der Waals surface area contributed by atoms with Gasteiger partial charge in [0.2, 0.25) is 0 Å². The maximum absolute atomic E-state index is 11.7. The van der Waals surface area contributed by atoms with Gasteiger partial charge in [-0.25, -0.2) is 9.59 Å². The molecule has 0 bridgehead atoms. The van der Waals surface area contributed by atoms with E-state index in [2.05, 4.69) is 0 Å².